The normalized spacial score (nSPS) is 18.1. The Kier molecular flexibility index (Phi) is 4.35. The number of halogens is 3. The third kappa shape index (κ3) is 3.13. The van der Waals surface area contributed by atoms with E-state index < -0.39 is 23.7 Å². The molecule has 0 aliphatic carbocycles. The number of hydrogen-bond acceptors (Lipinski definition) is 2. The molecule has 1 atom stereocenters. The number of nitrogens with one attached hydrogen (secondary N) is 1. The number of benzene rings is 1. The van der Waals surface area contributed by atoms with Crippen LogP contribution < -0.4 is 5.32 Å². The molecule has 8 heteroatoms. The fourth-order valence-corrected chi connectivity index (χ4v) is 2.55. The second-order valence-electron chi connectivity index (χ2n) is 4.44. The summed E-state index contributed by atoms with van der Waals surface area (Å²) >= 11 is 11.6. The Bertz CT molecular complexity index is 545. The lowest BCUT2D eigenvalue weighted by atomic mass is 10.1. The van der Waals surface area contributed by atoms with Crippen LogP contribution in [0.4, 0.5) is 14.9 Å². The van der Waals surface area contributed by atoms with Crippen molar-refractivity contribution in [2.45, 2.75) is 6.42 Å². The zero-order chi connectivity index (χ0) is 14.9. The zero-order valence-electron chi connectivity index (χ0n) is 10.2. The highest BCUT2D eigenvalue weighted by Gasteiger charge is 2.31. The van der Waals surface area contributed by atoms with Crippen molar-refractivity contribution in [2.24, 2.45) is 5.92 Å². The lowest BCUT2D eigenvalue weighted by Crippen LogP contribution is -2.34. The molecular formula is C12H11Cl2FN2O3. The van der Waals surface area contributed by atoms with Crippen LogP contribution in [0, 0.1) is 11.7 Å². The quantitative estimate of drug-likeness (QED) is 0.879. The Morgan fingerprint density at radius 2 is 1.95 bits per heavy atom. The van der Waals surface area contributed by atoms with E-state index in [1.54, 1.807) is 0 Å². The van der Waals surface area contributed by atoms with Crippen molar-refractivity contribution in [1.82, 2.24) is 4.90 Å². The van der Waals surface area contributed by atoms with Gasteiger partial charge < -0.3 is 15.3 Å². The summed E-state index contributed by atoms with van der Waals surface area (Å²) in [5, 5.41) is 11.3. The van der Waals surface area contributed by atoms with Crippen molar-refractivity contribution in [3.05, 3.63) is 28.0 Å². The highest BCUT2D eigenvalue weighted by atomic mass is 35.5. The number of rotatable bonds is 2. The molecule has 0 bridgehead atoms. The molecule has 1 saturated heterocycles. The van der Waals surface area contributed by atoms with Gasteiger partial charge in [-0.1, -0.05) is 23.2 Å². The van der Waals surface area contributed by atoms with Gasteiger partial charge in [0.05, 0.1) is 21.7 Å². The highest BCUT2D eigenvalue weighted by Crippen LogP contribution is 2.32. The van der Waals surface area contributed by atoms with E-state index in [0.29, 0.717) is 13.0 Å². The SMILES string of the molecule is O=C(O)C1CCN(C(=O)Nc2c(Cl)cc(F)cc2Cl)C1. The van der Waals surface area contributed by atoms with Gasteiger partial charge in [-0.05, 0) is 18.6 Å². The Hall–Kier alpha value is -1.53. The van der Waals surface area contributed by atoms with Crippen LogP contribution >= 0.6 is 23.2 Å². The molecule has 2 N–H and O–H groups in total. The first-order valence-corrected chi connectivity index (χ1v) is 6.57. The van der Waals surface area contributed by atoms with Crippen LogP contribution in [0.2, 0.25) is 10.0 Å². The maximum Gasteiger partial charge on any atom is 0.321 e. The minimum absolute atomic E-state index is 0.0164. The van der Waals surface area contributed by atoms with Crippen molar-refractivity contribution in [1.29, 1.82) is 0 Å². The minimum Gasteiger partial charge on any atom is -0.481 e. The summed E-state index contributed by atoms with van der Waals surface area (Å²) in [6, 6.07) is 1.56. The van der Waals surface area contributed by atoms with Gasteiger partial charge in [-0.25, -0.2) is 9.18 Å². The van der Waals surface area contributed by atoms with E-state index in [2.05, 4.69) is 5.32 Å². The van der Waals surface area contributed by atoms with Crippen LogP contribution in [0.5, 0.6) is 0 Å². The van der Waals surface area contributed by atoms with Gasteiger partial charge in [0, 0.05) is 13.1 Å². The fraction of sp³-hybridized carbons (Fsp3) is 0.333. The average molecular weight is 321 g/mol. The van der Waals surface area contributed by atoms with Crippen LogP contribution in [0.25, 0.3) is 0 Å². The van der Waals surface area contributed by atoms with Gasteiger partial charge in [0.2, 0.25) is 0 Å². The number of carbonyl (C=O) groups is 2. The number of carboxylic acid groups (broad SMARTS) is 1. The van der Waals surface area contributed by atoms with Crippen molar-refractivity contribution in [3.63, 3.8) is 0 Å². The second-order valence-corrected chi connectivity index (χ2v) is 5.26. The number of nitrogens with zero attached hydrogens (tertiary/aromatic N) is 1. The maximum absolute atomic E-state index is 13.0. The molecule has 2 amide bonds. The van der Waals surface area contributed by atoms with E-state index in [1.807, 2.05) is 0 Å². The van der Waals surface area contributed by atoms with E-state index >= 15 is 0 Å². The Labute approximate surface area is 124 Å². The summed E-state index contributed by atoms with van der Waals surface area (Å²) in [6.45, 7) is 0.455. The van der Waals surface area contributed by atoms with Gasteiger partial charge in [-0.3, -0.25) is 4.79 Å². The van der Waals surface area contributed by atoms with E-state index in [1.165, 1.54) is 4.90 Å². The molecule has 1 aromatic rings. The van der Waals surface area contributed by atoms with Crippen LogP contribution in [-0.2, 0) is 4.79 Å². The number of hydrogen-bond donors (Lipinski definition) is 2. The molecule has 1 fully saturated rings. The monoisotopic (exact) mass is 320 g/mol. The van der Waals surface area contributed by atoms with Crippen molar-refractivity contribution in [2.75, 3.05) is 18.4 Å². The van der Waals surface area contributed by atoms with Crippen LogP contribution in [-0.4, -0.2) is 35.1 Å². The third-order valence-electron chi connectivity index (χ3n) is 3.06. The molecule has 1 unspecified atom stereocenters. The first kappa shape index (κ1) is 14.9. The number of amides is 2. The largest absolute Gasteiger partial charge is 0.481 e. The van der Waals surface area contributed by atoms with Gasteiger partial charge >= 0.3 is 12.0 Å². The highest BCUT2D eigenvalue weighted by molar-refractivity contribution is 6.39. The van der Waals surface area contributed by atoms with Gasteiger partial charge in [0.15, 0.2) is 0 Å². The summed E-state index contributed by atoms with van der Waals surface area (Å²) in [6.07, 6.45) is 0.396. The molecular weight excluding hydrogens is 310 g/mol. The van der Waals surface area contributed by atoms with E-state index in [9.17, 15) is 14.0 Å². The summed E-state index contributed by atoms with van der Waals surface area (Å²) in [7, 11) is 0. The predicted octanol–water partition coefficient (Wildman–Crippen LogP) is 3.07. The number of urea groups is 1. The number of aliphatic carboxylic acids is 1. The molecule has 5 nitrogen and oxygen atoms in total. The molecule has 2 rings (SSSR count). The molecule has 1 aliphatic heterocycles. The van der Waals surface area contributed by atoms with Gasteiger partial charge in [-0.15, -0.1) is 0 Å². The second kappa shape index (κ2) is 5.85. The molecule has 20 heavy (non-hydrogen) atoms. The standard InChI is InChI=1S/C12H11Cl2FN2O3/c13-8-3-7(15)4-9(14)10(8)16-12(20)17-2-1-6(5-17)11(18)19/h3-4,6H,1-2,5H2,(H,16,20)(H,18,19). The van der Waals surface area contributed by atoms with E-state index in [4.69, 9.17) is 28.3 Å². The molecule has 0 radical (unpaired) electrons. The molecule has 0 spiro atoms. The summed E-state index contributed by atoms with van der Waals surface area (Å²) in [5.74, 6) is -2.11. The lowest BCUT2D eigenvalue weighted by Gasteiger charge is -2.18. The number of carboxylic acids is 1. The molecule has 1 aromatic carbocycles. The zero-order valence-corrected chi connectivity index (χ0v) is 11.7. The van der Waals surface area contributed by atoms with Crippen LogP contribution in [0.1, 0.15) is 6.42 Å². The van der Waals surface area contributed by atoms with Crippen molar-refractivity contribution < 1.29 is 19.1 Å². The van der Waals surface area contributed by atoms with Gasteiger partial charge in [0.25, 0.3) is 0 Å². The Morgan fingerprint density at radius 1 is 1.35 bits per heavy atom. The lowest BCUT2D eigenvalue weighted by molar-refractivity contribution is -0.141. The first-order chi connectivity index (χ1) is 9.38. The summed E-state index contributed by atoms with van der Waals surface area (Å²) in [4.78, 5) is 24.2. The number of anilines is 1. The molecule has 108 valence electrons. The topological polar surface area (TPSA) is 69.6 Å². The van der Waals surface area contributed by atoms with E-state index in [0.717, 1.165) is 12.1 Å². The van der Waals surface area contributed by atoms with Crippen molar-refractivity contribution >= 4 is 40.9 Å². The fourth-order valence-electron chi connectivity index (χ4n) is 1.99. The molecule has 1 heterocycles. The predicted molar refractivity (Wildman–Crippen MR) is 72.8 cm³/mol. The summed E-state index contributed by atoms with van der Waals surface area (Å²) in [5.41, 5.74) is 0.110. The third-order valence-corrected chi connectivity index (χ3v) is 3.66. The van der Waals surface area contributed by atoms with Crippen LogP contribution in [0.15, 0.2) is 12.1 Å². The van der Waals surface area contributed by atoms with Gasteiger partial charge in [-0.2, -0.15) is 0 Å². The molecule has 0 saturated carbocycles. The molecule has 1 aliphatic rings. The number of likely N-dealkylation sites (tertiary alicyclic amines) is 1. The van der Waals surface area contributed by atoms with Crippen molar-refractivity contribution in [3.8, 4) is 0 Å². The number of carbonyl (C=O) groups excluding carboxylic acids is 1. The smallest absolute Gasteiger partial charge is 0.321 e. The Morgan fingerprint density at radius 3 is 2.45 bits per heavy atom. The minimum atomic E-state index is -0.932. The summed E-state index contributed by atoms with van der Waals surface area (Å²) < 4.78 is 13.0. The average Bonchev–Trinajstić information content (AvgIpc) is 2.83. The van der Waals surface area contributed by atoms with Crippen LogP contribution in [0.3, 0.4) is 0 Å². The molecule has 0 aromatic heterocycles. The van der Waals surface area contributed by atoms with Gasteiger partial charge in [0.1, 0.15) is 5.82 Å². The first-order valence-electron chi connectivity index (χ1n) is 5.81. The Balaban J connectivity index is 2.08. The maximum atomic E-state index is 13.0. The van der Waals surface area contributed by atoms with E-state index in [-0.39, 0.29) is 22.3 Å².